The van der Waals surface area contributed by atoms with E-state index in [1.165, 1.54) is 50.8 Å². The Morgan fingerprint density at radius 2 is 1.83 bits per heavy atom. The highest BCUT2D eigenvalue weighted by Gasteiger charge is 2.28. The molecule has 1 aliphatic carbocycles. The van der Waals surface area contributed by atoms with E-state index in [1.807, 2.05) is 12.1 Å². The van der Waals surface area contributed by atoms with Gasteiger partial charge in [0.15, 0.2) is 0 Å². The monoisotopic (exact) mass is 243 g/mol. The molecule has 0 spiro atoms. The van der Waals surface area contributed by atoms with Gasteiger partial charge in [0.1, 0.15) is 5.75 Å². The Kier molecular flexibility index (Phi) is 3.37. The van der Waals surface area contributed by atoms with E-state index in [4.69, 9.17) is 0 Å². The van der Waals surface area contributed by atoms with Crippen molar-refractivity contribution in [2.45, 2.75) is 38.1 Å². The average molecular weight is 243 g/mol. The second kappa shape index (κ2) is 5.15. The van der Waals surface area contributed by atoms with Gasteiger partial charge in [0, 0.05) is 6.04 Å². The smallest absolute Gasteiger partial charge is 0.115 e. The van der Waals surface area contributed by atoms with Crippen LogP contribution in [0.15, 0.2) is 29.8 Å². The zero-order valence-electron chi connectivity index (χ0n) is 10.8. The summed E-state index contributed by atoms with van der Waals surface area (Å²) >= 11 is 0. The van der Waals surface area contributed by atoms with Crippen molar-refractivity contribution in [3.05, 3.63) is 35.4 Å². The van der Waals surface area contributed by atoms with Crippen molar-refractivity contribution in [3.8, 4) is 5.75 Å². The second-order valence-electron chi connectivity index (χ2n) is 5.46. The number of rotatable bonds is 2. The van der Waals surface area contributed by atoms with Gasteiger partial charge in [-0.25, -0.2) is 0 Å². The van der Waals surface area contributed by atoms with Crippen molar-refractivity contribution < 1.29 is 5.11 Å². The average Bonchev–Trinajstić information content (AvgIpc) is 2.32. The van der Waals surface area contributed by atoms with Gasteiger partial charge < -0.3 is 5.11 Å². The molecule has 2 heteroatoms. The van der Waals surface area contributed by atoms with Gasteiger partial charge in [-0.2, -0.15) is 0 Å². The summed E-state index contributed by atoms with van der Waals surface area (Å²) in [6.45, 7) is 2.55. The summed E-state index contributed by atoms with van der Waals surface area (Å²) in [6.07, 6.45) is 8.96. The van der Waals surface area contributed by atoms with Crippen LogP contribution in [-0.2, 0) is 0 Å². The lowest BCUT2D eigenvalue weighted by Crippen LogP contribution is -2.46. The summed E-state index contributed by atoms with van der Waals surface area (Å²) in [5, 5.41) is 9.32. The van der Waals surface area contributed by atoms with Crippen molar-refractivity contribution in [1.82, 2.24) is 4.90 Å². The number of aromatic hydroxyl groups is 1. The van der Waals surface area contributed by atoms with Gasteiger partial charge in [0.05, 0.1) is 0 Å². The first-order chi connectivity index (χ1) is 8.83. The largest absolute Gasteiger partial charge is 0.508 e. The second-order valence-corrected chi connectivity index (χ2v) is 5.46. The van der Waals surface area contributed by atoms with Crippen molar-refractivity contribution in [2.75, 3.05) is 13.1 Å². The summed E-state index contributed by atoms with van der Waals surface area (Å²) in [5.74, 6) is 0.347. The summed E-state index contributed by atoms with van der Waals surface area (Å²) in [4.78, 5) is 2.62. The first-order valence-corrected chi connectivity index (χ1v) is 7.06. The highest BCUT2D eigenvalue weighted by Crippen LogP contribution is 2.32. The molecule has 3 rings (SSSR count). The highest BCUT2D eigenvalue weighted by atomic mass is 16.3. The molecule has 18 heavy (non-hydrogen) atoms. The Morgan fingerprint density at radius 3 is 2.50 bits per heavy atom. The minimum absolute atomic E-state index is 0.347. The van der Waals surface area contributed by atoms with E-state index in [-0.39, 0.29) is 0 Å². The van der Waals surface area contributed by atoms with E-state index in [1.54, 1.807) is 17.7 Å². The van der Waals surface area contributed by atoms with Crippen LogP contribution in [0.1, 0.15) is 37.7 Å². The molecule has 1 aromatic carbocycles. The maximum Gasteiger partial charge on any atom is 0.115 e. The molecule has 2 fully saturated rings. The predicted molar refractivity (Wildman–Crippen MR) is 74.5 cm³/mol. The first kappa shape index (κ1) is 11.8. The molecular weight excluding hydrogens is 222 g/mol. The van der Waals surface area contributed by atoms with Gasteiger partial charge in [-0.1, -0.05) is 30.2 Å². The number of phenolic OH excluding ortho intramolecular Hbond substituents is 1. The van der Waals surface area contributed by atoms with Crippen LogP contribution < -0.4 is 0 Å². The first-order valence-electron chi connectivity index (χ1n) is 7.06. The molecule has 1 N–H and O–H groups in total. The minimum atomic E-state index is 0.347. The quantitative estimate of drug-likeness (QED) is 0.860. The van der Waals surface area contributed by atoms with E-state index in [9.17, 15) is 5.11 Å². The highest BCUT2D eigenvalue weighted by molar-refractivity contribution is 5.55. The SMILES string of the molecule is Oc1ccc(/C=C2\CCCCC2N2CCC2)cc1. The summed E-state index contributed by atoms with van der Waals surface area (Å²) < 4.78 is 0. The van der Waals surface area contributed by atoms with E-state index in [0.717, 1.165) is 0 Å². The number of hydrogen-bond donors (Lipinski definition) is 1. The molecule has 0 aromatic heterocycles. The Labute approximate surface area is 109 Å². The summed E-state index contributed by atoms with van der Waals surface area (Å²) in [5.41, 5.74) is 2.81. The van der Waals surface area contributed by atoms with Crippen LogP contribution >= 0.6 is 0 Å². The Morgan fingerprint density at radius 1 is 1.06 bits per heavy atom. The van der Waals surface area contributed by atoms with Crippen LogP contribution in [-0.4, -0.2) is 29.1 Å². The van der Waals surface area contributed by atoms with E-state index >= 15 is 0 Å². The molecule has 1 heterocycles. The Balaban J connectivity index is 1.80. The summed E-state index contributed by atoms with van der Waals surface area (Å²) in [7, 11) is 0. The third-order valence-corrected chi connectivity index (χ3v) is 4.20. The van der Waals surface area contributed by atoms with Crippen molar-refractivity contribution in [3.63, 3.8) is 0 Å². The van der Waals surface area contributed by atoms with Gasteiger partial charge in [-0.05, 0) is 56.5 Å². The standard InChI is InChI=1S/C16H21NO/c18-15-8-6-13(7-9-15)12-14-4-1-2-5-16(14)17-10-3-11-17/h6-9,12,16,18H,1-5,10-11H2/b14-12+. The maximum absolute atomic E-state index is 9.32. The fraction of sp³-hybridized carbons (Fsp3) is 0.500. The van der Waals surface area contributed by atoms with E-state index in [0.29, 0.717) is 11.8 Å². The lowest BCUT2D eigenvalue weighted by atomic mass is 9.86. The zero-order valence-corrected chi connectivity index (χ0v) is 10.8. The predicted octanol–water partition coefficient (Wildman–Crippen LogP) is 3.42. The van der Waals surface area contributed by atoms with E-state index in [2.05, 4.69) is 11.0 Å². The third kappa shape index (κ3) is 2.44. The number of benzene rings is 1. The molecule has 1 saturated carbocycles. The normalized spacial score (nSPS) is 27.1. The molecule has 1 atom stereocenters. The van der Waals surface area contributed by atoms with Crippen LogP contribution in [0.4, 0.5) is 0 Å². The lowest BCUT2D eigenvalue weighted by molar-refractivity contribution is 0.121. The number of likely N-dealkylation sites (tertiary alicyclic amines) is 1. The Bertz CT molecular complexity index is 431. The lowest BCUT2D eigenvalue weighted by Gasteiger charge is -2.42. The minimum Gasteiger partial charge on any atom is -0.508 e. The molecule has 0 radical (unpaired) electrons. The van der Waals surface area contributed by atoms with Crippen LogP contribution in [0.5, 0.6) is 5.75 Å². The van der Waals surface area contributed by atoms with Crippen LogP contribution in [0.2, 0.25) is 0 Å². The number of nitrogens with zero attached hydrogens (tertiary/aromatic N) is 1. The number of phenols is 1. The van der Waals surface area contributed by atoms with Crippen LogP contribution in [0, 0.1) is 0 Å². The fourth-order valence-corrected chi connectivity index (χ4v) is 3.04. The van der Waals surface area contributed by atoms with Gasteiger partial charge in [-0.15, -0.1) is 0 Å². The molecular formula is C16H21NO. The fourth-order valence-electron chi connectivity index (χ4n) is 3.04. The van der Waals surface area contributed by atoms with Crippen LogP contribution in [0.3, 0.4) is 0 Å². The third-order valence-electron chi connectivity index (χ3n) is 4.20. The summed E-state index contributed by atoms with van der Waals surface area (Å²) in [6, 6.07) is 8.23. The van der Waals surface area contributed by atoms with E-state index < -0.39 is 0 Å². The molecule has 2 nitrogen and oxygen atoms in total. The van der Waals surface area contributed by atoms with Crippen molar-refractivity contribution in [1.29, 1.82) is 0 Å². The molecule has 2 aliphatic rings. The van der Waals surface area contributed by atoms with Crippen LogP contribution in [0.25, 0.3) is 6.08 Å². The topological polar surface area (TPSA) is 23.5 Å². The molecule has 1 aliphatic heterocycles. The van der Waals surface area contributed by atoms with Gasteiger partial charge in [-0.3, -0.25) is 4.90 Å². The maximum atomic E-state index is 9.32. The zero-order chi connectivity index (χ0) is 12.4. The molecule has 0 amide bonds. The van der Waals surface area contributed by atoms with Gasteiger partial charge >= 0.3 is 0 Å². The molecule has 1 saturated heterocycles. The molecule has 1 unspecified atom stereocenters. The number of hydrogen-bond acceptors (Lipinski definition) is 2. The van der Waals surface area contributed by atoms with Crippen molar-refractivity contribution in [2.24, 2.45) is 0 Å². The Hall–Kier alpha value is -1.28. The molecule has 0 bridgehead atoms. The van der Waals surface area contributed by atoms with Crippen molar-refractivity contribution >= 4 is 6.08 Å². The van der Waals surface area contributed by atoms with Gasteiger partial charge in [0.25, 0.3) is 0 Å². The molecule has 96 valence electrons. The molecule has 1 aromatic rings. The van der Waals surface area contributed by atoms with Gasteiger partial charge in [0.2, 0.25) is 0 Å².